The van der Waals surface area contributed by atoms with Crippen LogP contribution in [0.4, 0.5) is 11.4 Å². The fraction of sp³-hybridized carbons (Fsp3) is 0.118. The molecule has 0 saturated carbocycles. The van der Waals surface area contributed by atoms with Crippen molar-refractivity contribution in [3.8, 4) is 5.75 Å². The van der Waals surface area contributed by atoms with Crippen molar-refractivity contribution in [2.75, 3.05) is 11.4 Å². The SMILES string of the molecule is CCN(c1ccccc1)c1c(O)c2cc(Br)ccc2[nH]c1=O. The highest BCUT2D eigenvalue weighted by Gasteiger charge is 2.18. The smallest absolute Gasteiger partial charge is 0.276 e. The monoisotopic (exact) mass is 358 g/mol. The summed E-state index contributed by atoms with van der Waals surface area (Å²) in [5, 5.41) is 11.2. The minimum absolute atomic E-state index is 0.00856. The van der Waals surface area contributed by atoms with Gasteiger partial charge in [0, 0.05) is 22.1 Å². The number of nitrogens with one attached hydrogen (secondary N) is 1. The van der Waals surface area contributed by atoms with Crippen LogP contribution in [0.1, 0.15) is 6.92 Å². The molecule has 0 unspecified atom stereocenters. The Morgan fingerprint density at radius 1 is 1.18 bits per heavy atom. The number of aromatic hydroxyl groups is 1. The third kappa shape index (κ3) is 2.48. The summed E-state index contributed by atoms with van der Waals surface area (Å²) >= 11 is 3.39. The Morgan fingerprint density at radius 3 is 2.59 bits per heavy atom. The van der Waals surface area contributed by atoms with Gasteiger partial charge in [-0.2, -0.15) is 0 Å². The number of rotatable bonds is 3. The molecule has 0 spiro atoms. The fourth-order valence-corrected chi connectivity index (χ4v) is 2.93. The van der Waals surface area contributed by atoms with Gasteiger partial charge in [-0.15, -0.1) is 0 Å². The van der Waals surface area contributed by atoms with Crippen LogP contribution >= 0.6 is 15.9 Å². The van der Waals surface area contributed by atoms with Crippen molar-refractivity contribution in [1.29, 1.82) is 0 Å². The molecule has 5 heteroatoms. The molecule has 0 fully saturated rings. The average Bonchev–Trinajstić information content (AvgIpc) is 2.53. The van der Waals surface area contributed by atoms with Gasteiger partial charge in [-0.25, -0.2) is 0 Å². The average molecular weight is 359 g/mol. The molecule has 2 N–H and O–H groups in total. The lowest BCUT2D eigenvalue weighted by atomic mass is 10.1. The van der Waals surface area contributed by atoms with Crippen molar-refractivity contribution in [2.45, 2.75) is 6.92 Å². The van der Waals surface area contributed by atoms with Crippen molar-refractivity contribution in [3.05, 3.63) is 63.4 Å². The summed E-state index contributed by atoms with van der Waals surface area (Å²) < 4.78 is 0.844. The summed E-state index contributed by atoms with van der Waals surface area (Å²) in [7, 11) is 0. The number of fused-ring (bicyclic) bond motifs is 1. The second kappa shape index (κ2) is 5.85. The van der Waals surface area contributed by atoms with Crippen molar-refractivity contribution in [3.63, 3.8) is 0 Å². The maximum absolute atomic E-state index is 12.4. The van der Waals surface area contributed by atoms with Gasteiger partial charge in [-0.3, -0.25) is 4.79 Å². The van der Waals surface area contributed by atoms with Crippen molar-refractivity contribution in [1.82, 2.24) is 4.98 Å². The quantitative estimate of drug-likeness (QED) is 0.739. The number of aromatic nitrogens is 1. The first-order chi connectivity index (χ1) is 10.6. The van der Waals surface area contributed by atoms with Gasteiger partial charge in [-0.1, -0.05) is 34.1 Å². The van der Waals surface area contributed by atoms with Crippen molar-refractivity contribution < 1.29 is 5.11 Å². The Kier molecular flexibility index (Phi) is 3.90. The second-order valence-corrected chi connectivity index (χ2v) is 5.84. The predicted octanol–water partition coefficient (Wildman–Crippen LogP) is 4.15. The van der Waals surface area contributed by atoms with E-state index < -0.39 is 0 Å². The molecular weight excluding hydrogens is 344 g/mol. The standard InChI is InChI=1S/C17H15BrN2O2/c1-2-20(12-6-4-3-5-7-12)15-16(21)13-10-11(18)8-9-14(13)19-17(15)22/h3-10H,2H2,1H3,(H2,19,21,22). The van der Waals surface area contributed by atoms with Gasteiger partial charge in [0.15, 0.2) is 11.4 Å². The van der Waals surface area contributed by atoms with E-state index in [1.54, 1.807) is 17.0 Å². The minimum Gasteiger partial charge on any atom is -0.505 e. The molecule has 0 aliphatic rings. The van der Waals surface area contributed by atoms with E-state index in [2.05, 4.69) is 20.9 Å². The number of hydrogen-bond donors (Lipinski definition) is 2. The minimum atomic E-state index is -0.307. The molecular formula is C17H15BrN2O2. The van der Waals surface area contributed by atoms with E-state index in [0.717, 1.165) is 10.2 Å². The Morgan fingerprint density at radius 2 is 1.91 bits per heavy atom. The van der Waals surface area contributed by atoms with Crippen LogP contribution in [0.3, 0.4) is 0 Å². The normalized spacial score (nSPS) is 10.8. The Balaban J connectivity index is 2.27. The van der Waals surface area contributed by atoms with Crippen LogP contribution in [0.15, 0.2) is 57.8 Å². The Bertz CT molecular complexity index is 875. The van der Waals surface area contributed by atoms with Gasteiger partial charge >= 0.3 is 0 Å². The van der Waals surface area contributed by atoms with Crippen LogP contribution in [-0.2, 0) is 0 Å². The highest BCUT2D eigenvalue weighted by Crippen LogP contribution is 2.35. The van der Waals surface area contributed by atoms with E-state index in [0.29, 0.717) is 17.4 Å². The number of H-pyrrole nitrogens is 1. The fourth-order valence-electron chi connectivity index (χ4n) is 2.57. The summed E-state index contributed by atoms with van der Waals surface area (Å²) in [5.74, 6) is -0.00856. The van der Waals surface area contributed by atoms with Crippen LogP contribution in [0.5, 0.6) is 5.75 Å². The molecule has 22 heavy (non-hydrogen) atoms. The molecule has 2 aromatic carbocycles. The molecule has 0 atom stereocenters. The van der Waals surface area contributed by atoms with E-state index in [1.165, 1.54) is 0 Å². The molecule has 0 aliphatic carbocycles. The summed E-state index contributed by atoms with van der Waals surface area (Å²) in [6.45, 7) is 2.51. The van der Waals surface area contributed by atoms with Gasteiger partial charge in [-0.05, 0) is 37.3 Å². The number of pyridine rings is 1. The first kappa shape index (κ1) is 14.7. The summed E-state index contributed by atoms with van der Waals surface area (Å²) in [4.78, 5) is 17.1. The molecule has 3 aromatic rings. The number of halogens is 1. The lowest BCUT2D eigenvalue weighted by molar-refractivity contribution is 0.481. The summed E-state index contributed by atoms with van der Waals surface area (Å²) in [6.07, 6.45) is 0. The molecule has 0 aliphatic heterocycles. The van der Waals surface area contributed by atoms with Crippen LogP contribution in [-0.4, -0.2) is 16.6 Å². The third-order valence-electron chi connectivity index (χ3n) is 3.58. The molecule has 0 radical (unpaired) electrons. The van der Waals surface area contributed by atoms with E-state index in [4.69, 9.17) is 0 Å². The highest BCUT2D eigenvalue weighted by atomic mass is 79.9. The molecule has 3 rings (SSSR count). The lowest BCUT2D eigenvalue weighted by Gasteiger charge is -2.23. The van der Waals surface area contributed by atoms with E-state index in [9.17, 15) is 9.90 Å². The number of aromatic amines is 1. The number of benzene rings is 2. The van der Waals surface area contributed by atoms with E-state index in [-0.39, 0.29) is 17.0 Å². The number of anilines is 2. The summed E-state index contributed by atoms with van der Waals surface area (Å²) in [6, 6.07) is 14.9. The topological polar surface area (TPSA) is 56.3 Å². The van der Waals surface area contributed by atoms with Crippen LogP contribution in [0.2, 0.25) is 0 Å². The number of hydrogen-bond acceptors (Lipinski definition) is 3. The number of para-hydroxylation sites is 1. The zero-order valence-corrected chi connectivity index (χ0v) is 13.6. The third-order valence-corrected chi connectivity index (χ3v) is 4.07. The predicted molar refractivity (Wildman–Crippen MR) is 93.1 cm³/mol. The molecule has 1 aromatic heterocycles. The van der Waals surface area contributed by atoms with Crippen molar-refractivity contribution in [2.24, 2.45) is 0 Å². The summed E-state index contributed by atoms with van der Waals surface area (Å²) in [5.41, 5.74) is 1.43. The first-order valence-electron chi connectivity index (χ1n) is 6.99. The number of nitrogens with zero attached hydrogens (tertiary/aromatic N) is 1. The van der Waals surface area contributed by atoms with Crippen LogP contribution in [0, 0.1) is 0 Å². The molecule has 0 saturated heterocycles. The van der Waals surface area contributed by atoms with Gasteiger partial charge in [0.25, 0.3) is 5.56 Å². The second-order valence-electron chi connectivity index (χ2n) is 4.92. The first-order valence-corrected chi connectivity index (χ1v) is 7.78. The van der Waals surface area contributed by atoms with Gasteiger partial charge in [0.1, 0.15) is 0 Å². The van der Waals surface area contributed by atoms with Crippen LogP contribution in [0.25, 0.3) is 10.9 Å². The Hall–Kier alpha value is -2.27. The maximum Gasteiger partial charge on any atom is 0.276 e. The maximum atomic E-state index is 12.4. The molecule has 0 amide bonds. The zero-order chi connectivity index (χ0) is 15.7. The van der Waals surface area contributed by atoms with Gasteiger partial charge in [0.05, 0.1) is 5.52 Å². The lowest BCUT2D eigenvalue weighted by Crippen LogP contribution is -2.24. The van der Waals surface area contributed by atoms with Gasteiger partial charge < -0.3 is 15.0 Å². The zero-order valence-electron chi connectivity index (χ0n) is 12.0. The largest absolute Gasteiger partial charge is 0.505 e. The Labute approximate surface area is 136 Å². The van der Waals surface area contributed by atoms with Crippen molar-refractivity contribution >= 4 is 38.2 Å². The van der Waals surface area contributed by atoms with Crippen LogP contribution < -0.4 is 10.5 Å². The molecule has 4 nitrogen and oxygen atoms in total. The van der Waals surface area contributed by atoms with E-state index >= 15 is 0 Å². The molecule has 112 valence electrons. The van der Waals surface area contributed by atoms with Gasteiger partial charge in [0.2, 0.25) is 0 Å². The van der Waals surface area contributed by atoms with E-state index in [1.807, 2.05) is 43.3 Å². The highest BCUT2D eigenvalue weighted by molar-refractivity contribution is 9.10. The molecule has 1 heterocycles. The molecule has 0 bridgehead atoms.